The zero-order valence-electron chi connectivity index (χ0n) is 23.5. The largest absolute Gasteiger partial charge is 0.465 e. The number of methoxy groups -OCH3 is 2. The van der Waals surface area contributed by atoms with Crippen LogP contribution >= 0.6 is 0 Å². The van der Waals surface area contributed by atoms with Gasteiger partial charge in [0.2, 0.25) is 11.8 Å². The van der Waals surface area contributed by atoms with Crippen molar-refractivity contribution in [3.63, 3.8) is 0 Å². The number of aldehydes is 1. The Balaban J connectivity index is 0.000000434. The van der Waals surface area contributed by atoms with Crippen molar-refractivity contribution in [2.24, 2.45) is 0 Å². The van der Waals surface area contributed by atoms with Crippen LogP contribution in [-0.4, -0.2) is 49.4 Å². The van der Waals surface area contributed by atoms with E-state index in [0.717, 1.165) is 40.2 Å². The lowest BCUT2D eigenvalue weighted by atomic mass is 9.95. The van der Waals surface area contributed by atoms with Crippen molar-refractivity contribution in [1.29, 1.82) is 0 Å². The van der Waals surface area contributed by atoms with Gasteiger partial charge < -0.3 is 25.2 Å². The van der Waals surface area contributed by atoms with E-state index in [-0.39, 0.29) is 35.2 Å². The maximum absolute atomic E-state index is 13.2. The van der Waals surface area contributed by atoms with Gasteiger partial charge in [0.1, 0.15) is 0 Å². The van der Waals surface area contributed by atoms with Gasteiger partial charge in [-0.25, -0.2) is 9.59 Å². The number of anilines is 2. The lowest BCUT2D eigenvalue weighted by Gasteiger charge is -2.20. The van der Waals surface area contributed by atoms with E-state index < -0.39 is 64.5 Å². The van der Waals surface area contributed by atoms with Crippen molar-refractivity contribution in [3.05, 3.63) is 57.6 Å². The van der Waals surface area contributed by atoms with Crippen molar-refractivity contribution in [2.75, 3.05) is 24.9 Å². The molecule has 0 bridgehead atoms. The Hall–Kier alpha value is -4.47. The van der Waals surface area contributed by atoms with Gasteiger partial charge in [-0.15, -0.1) is 0 Å². The topological polar surface area (TPSA) is 148 Å². The molecule has 2 rings (SSSR count). The first-order valence-corrected chi connectivity index (χ1v) is 12.2. The third-order valence-corrected chi connectivity index (χ3v) is 5.47. The van der Waals surface area contributed by atoms with Crippen LogP contribution in [0, 0.1) is 0 Å². The summed E-state index contributed by atoms with van der Waals surface area (Å²) in [7, 11) is 2.10. The summed E-state index contributed by atoms with van der Waals surface area (Å²) in [6.07, 6.45) is -10.4. The van der Waals surface area contributed by atoms with Crippen molar-refractivity contribution in [1.82, 2.24) is 0 Å². The summed E-state index contributed by atoms with van der Waals surface area (Å²) in [5.74, 6) is -3.18. The van der Waals surface area contributed by atoms with Crippen LogP contribution in [0.1, 0.15) is 87.5 Å². The lowest BCUT2D eigenvalue weighted by Crippen LogP contribution is -2.18. The predicted molar refractivity (Wildman–Crippen MR) is 139 cm³/mol. The number of ether oxygens (including phenoxy) is 2. The molecular formula is C27H28F6N2O8. The lowest BCUT2D eigenvalue weighted by molar-refractivity contribution is -0.139. The van der Waals surface area contributed by atoms with E-state index >= 15 is 0 Å². The van der Waals surface area contributed by atoms with Crippen molar-refractivity contribution >= 4 is 41.4 Å². The molecule has 0 saturated heterocycles. The molecular weight excluding hydrogens is 594 g/mol. The smallest absolute Gasteiger partial charge is 0.417 e. The molecule has 0 aliphatic rings. The molecule has 2 aromatic carbocycles. The van der Waals surface area contributed by atoms with Crippen LogP contribution in [0.25, 0.3) is 0 Å². The third-order valence-electron chi connectivity index (χ3n) is 5.47. The molecule has 0 heterocycles. The molecule has 16 heteroatoms. The Labute approximate surface area is 241 Å². The van der Waals surface area contributed by atoms with Crippen molar-refractivity contribution in [2.45, 2.75) is 52.1 Å². The van der Waals surface area contributed by atoms with Crippen LogP contribution in [0.15, 0.2) is 24.3 Å². The molecule has 0 spiro atoms. The standard InChI is InChI=1S/C15H18F3NO4.C12H10F3NO4/c1-4-5-13(21)9-6-10(14(22)23-3)12(19-8(2)20)7-11(9)15(16,17)18;1-6(18)16-10-4-9(12(13,14)15)7(5-17)3-8(10)11(19)20-2/h6-7,13,21H,4-5H2,1-3H3,(H,19,20);3-5H,1-2H3,(H,16,18). The Morgan fingerprint density at radius 3 is 1.58 bits per heavy atom. The van der Waals surface area contributed by atoms with Crippen LogP contribution in [0.2, 0.25) is 0 Å². The summed E-state index contributed by atoms with van der Waals surface area (Å²) in [6.45, 7) is 3.89. The van der Waals surface area contributed by atoms with Gasteiger partial charge in [-0.1, -0.05) is 13.3 Å². The number of hydrogen-bond donors (Lipinski definition) is 3. The number of aliphatic hydroxyl groups is 1. The van der Waals surface area contributed by atoms with Crippen LogP contribution in [-0.2, 0) is 31.4 Å². The number of benzene rings is 2. The zero-order chi connectivity index (χ0) is 33.3. The van der Waals surface area contributed by atoms with E-state index in [2.05, 4.69) is 20.1 Å². The molecule has 0 aliphatic carbocycles. The highest BCUT2D eigenvalue weighted by Gasteiger charge is 2.37. The second-order valence-corrected chi connectivity index (χ2v) is 8.73. The Morgan fingerprint density at radius 1 is 0.814 bits per heavy atom. The number of nitrogens with one attached hydrogen (secondary N) is 2. The monoisotopic (exact) mass is 622 g/mol. The number of rotatable bonds is 8. The first kappa shape index (κ1) is 36.6. The minimum absolute atomic E-state index is 0.0210. The van der Waals surface area contributed by atoms with Crippen molar-refractivity contribution in [3.8, 4) is 0 Å². The Morgan fingerprint density at radius 2 is 1.23 bits per heavy atom. The van der Waals surface area contributed by atoms with E-state index in [1.165, 1.54) is 0 Å². The number of halogens is 6. The number of carbonyl (C=O) groups excluding carboxylic acids is 5. The second-order valence-electron chi connectivity index (χ2n) is 8.73. The van der Waals surface area contributed by atoms with Gasteiger partial charge in [-0.05, 0) is 36.2 Å². The van der Waals surface area contributed by atoms with E-state index in [4.69, 9.17) is 0 Å². The second kappa shape index (κ2) is 15.1. The van der Waals surface area contributed by atoms with E-state index in [0.29, 0.717) is 18.6 Å². The maximum atomic E-state index is 13.2. The maximum Gasteiger partial charge on any atom is 0.417 e. The van der Waals surface area contributed by atoms with Crippen LogP contribution in [0.4, 0.5) is 37.7 Å². The fourth-order valence-electron chi connectivity index (χ4n) is 3.67. The summed E-state index contributed by atoms with van der Waals surface area (Å²) < 4.78 is 87.0. The number of hydrogen-bond acceptors (Lipinski definition) is 8. The molecule has 3 N–H and O–H groups in total. The molecule has 0 saturated carbocycles. The van der Waals surface area contributed by atoms with Crippen LogP contribution in [0.3, 0.4) is 0 Å². The number of esters is 2. The van der Waals surface area contributed by atoms with E-state index in [1.54, 1.807) is 6.92 Å². The molecule has 0 radical (unpaired) electrons. The average molecular weight is 623 g/mol. The highest BCUT2D eigenvalue weighted by Crippen LogP contribution is 2.39. The van der Waals surface area contributed by atoms with Gasteiger partial charge in [-0.3, -0.25) is 14.4 Å². The number of aliphatic hydroxyl groups excluding tert-OH is 1. The fraction of sp³-hybridized carbons (Fsp3) is 0.370. The molecule has 1 atom stereocenters. The highest BCUT2D eigenvalue weighted by molar-refractivity contribution is 6.03. The van der Waals surface area contributed by atoms with Gasteiger partial charge in [0.05, 0.1) is 54.0 Å². The summed E-state index contributed by atoms with van der Waals surface area (Å²) in [4.78, 5) is 56.1. The zero-order valence-corrected chi connectivity index (χ0v) is 23.5. The van der Waals surface area contributed by atoms with E-state index in [1.807, 2.05) is 0 Å². The van der Waals surface area contributed by atoms with Crippen LogP contribution in [0.5, 0.6) is 0 Å². The minimum Gasteiger partial charge on any atom is -0.465 e. The van der Waals surface area contributed by atoms with Gasteiger partial charge in [0.15, 0.2) is 6.29 Å². The van der Waals surface area contributed by atoms with Gasteiger partial charge in [0.25, 0.3) is 0 Å². The molecule has 2 amide bonds. The fourth-order valence-corrected chi connectivity index (χ4v) is 3.67. The highest BCUT2D eigenvalue weighted by atomic mass is 19.4. The SMILES string of the molecule is CCCC(O)c1cc(C(=O)OC)c(NC(C)=O)cc1C(F)(F)F.COC(=O)c1cc(C=O)c(C(F)(F)F)cc1NC(C)=O. The predicted octanol–water partition coefficient (Wildman–Crippen LogP) is 5.55. The van der Waals surface area contributed by atoms with Gasteiger partial charge in [0, 0.05) is 19.4 Å². The van der Waals surface area contributed by atoms with Crippen molar-refractivity contribution < 1.29 is 64.9 Å². The molecule has 1 unspecified atom stereocenters. The van der Waals surface area contributed by atoms with Gasteiger partial charge >= 0.3 is 24.3 Å². The summed E-state index contributed by atoms with van der Waals surface area (Å²) in [5.41, 5.74) is -4.76. The molecule has 0 fully saturated rings. The molecule has 0 aromatic heterocycles. The quantitative estimate of drug-likeness (QED) is 0.197. The molecule has 236 valence electrons. The summed E-state index contributed by atoms with van der Waals surface area (Å²) >= 11 is 0. The number of carbonyl (C=O) groups is 5. The Kier molecular flexibility index (Phi) is 12.9. The summed E-state index contributed by atoms with van der Waals surface area (Å²) in [5, 5.41) is 14.3. The first-order valence-electron chi connectivity index (χ1n) is 12.2. The Bertz CT molecular complexity index is 1370. The first-order chi connectivity index (χ1) is 19.8. The number of amides is 2. The summed E-state index contributed by atoms with van der Waals surface area (Å²) in [6, 6.07) is 2.81. The molecule has 2 aromatic rings. The van der Waals surface area contributed by atoms with Crippen LogP contribution < -0.4 is 10.6 Å². The van der Waals surface area contributed by atoms with Gasteiger partial charge in [-0.2, -0.15) is 26.3 Å². The average Bonchev–Trinajstić information content (AvgIpc) is 2.90. The minimum atomic E-state index is -4.79. The third kappa shape index (κ3) is 10.1. The normalized spacial score (nSPS) is 11.8. The molecule has 43 heavy (non-hydrogen) atoms. The van der Waals surface area contributed by atoms with E-state index in [9.17, 15) is 55.4 Å². The number of alkyl halides is 6. The molecule has 0 aliphatic heterocycles. The molecule has 10 nitrogen and oxygen atoms in total.